The molecule has 0 aromatic heterocycles. The van der Waals surface area contributed by atoms with Gasteiger partial charge in [-0.25, -0.2) is 0 Å². The highest BCUT2D eigenvalue weighted by molar-refractivity contribution is 5.76. The van der Waals surface area contributed by atoms with E-state index in [9.17, 15) is 4.79 Å². The van der Waals surface area contributed by atoms with Crippen LogP contribution >= 0.6 is 0 Å². The maximum Gasteiger partial charge on any atom is 0.220 e. The van der Waals surface area contributed by atoms with Gasteiger partial charge in [-0.3, -0.25) is 4.79 Å². The van der Waals surface area contributed by atoms with Crippen LogP contribution < -0.4 is 5.73 Å². The molecule has 2 nitrogen and oxygen atoms in total. The first-order valence-corrected chi connectivity index (χ1v) is 5.51. The molecule has 1 atom stereocenters. The Labute approximate surface area is 81.9 Å². The van der Waals surface area contributed by atoms with Crippen LogP contribution in [0.25, 0.3) is 0 Å². The minimum Gasteiger partial charge on any atom is -0.369 e. The number of unbranched alkanes of at least 4 members (excludes halogenated alkanes) is 3. The number of nitrogens with two attached hydrogens (primary N) is 1. The Morgan fingerprint density at radius 3 is 2.23 bits per heavy atom. The fourth-order valence-corrected chi connectivity index (χ4v) is 1.59. The summed E-state index contributed by atoms with van der Waals surface area (Å²) in [6.45, 7) is 4.29. The molecule has 0 aliphatic carbocycles. The second kappa shape index (κ2) is 8.09. The number of amides is 1. The smallest absolute Gasteiger partial charge is 0.220 e. The monoisotopic (exact) mass is 185 g/mol. The zero-order chi connectivity index (χ0) is 10.1. The fourth-order valence-electron chi connectivity index (χ4n) is 1.59. The van der Waals surface area contributed by atoms with Crippen molar-refractivity contribution in [3.8, 4) is 0 Å². The van der Waals surface area contributed by atoms with Crippen LogP contribution in [0.3, 0.4) is 0 Å². The van der Waals surface area contributed by atoms with Gasteiger partial charge in [-0.1, -0.05) is 46.0 Å². The number of hydrogen-bond donors (Lipinski definition) is 1. The molecule has 78 valence electrons. The molecule has 0 saturated carbocycles. The molecule has 1 amide bonds. The molecule has 0 bridgehead atoms. The molecule has 2 heteroatoms. The molecule has 0 aliphatic rings. The molecule has 0 unspecified atom stereocenters. The average Bonchev–Trinajstić information content (AvgIpc) is 2.10. The Morgan fingerprint density at radius 2 is 1.77 bits per heavy atom. The summed E-state index contributed by atoms with van der Waals surface area (Å²) in [4.78, 5) is 11.0. The largest absolute Gasteiger partial charge is 0.369 e. The van der Waals surface area contributed by atoms with E-state index in [-0.39, 0.29) is 11.8 Å². The highest BCUT2D eigenvalue weighted by Crippen LogP contribution is 2.15. The van der Waals surface area contributed by atoms with E-state index in [0.29, 0.717) is 0 Å². The summed E-state index contributed by atoms with van der Waals surface area (Å²) in [5, 5.41) is 0. The van der Waals surface area contributed by atoms with Crippen molar-refractivity contribution in [3.05, 3.63) is 0 Å². The molecule has 0 saturated heterocycles. The van der Waals surface area contributed by atoms with Crippen molar-refractivity contribution in [2.24, 2.45) is 11.7 Å². The number of carbonyl (C=O) groups excluding carboxylic acids is 1. The Kier molecular flexibility index (Phi) is 7.76. The van der Waals surface area contributed by atoms with Gasteiger partial charge in [-0.2, -0.15) is 0 Å². The molecular weight excluding hydrogens is 162 g/mol. The van der Waals surface area contributed by atoms with Crippen molar-refractivity contribution < 1.29 is 4.79 Å². The van der Waals surface area contributed by atoms with Crippen LogP contribution in [-0.4, -0.2) is 5.91 Å². The number of carbonyl (C=O) groups is 1. The summed E-state index contributed by atoms with van der Waals surface area (Å²) in [7, 11) is 0. The van der Waals surface area contributed by atoms with E-state index in [1.54, 1.807) is 0 Å². The van der Waals surface area contributed by atoms with Gasteiger partial charge in [0.1, 0.15) is 0 Å². The molecule has 0 radical (unpaired) electrons. The molecule has 0 aromatic rings. The van der Waals surface area contributed by atoms with E-state index in [1.165, 1.54) is 19.3 Å². The Morgan fingerprint density at radius 1 is 1.08 bits per heavy atom. The number of hydrogen-bond acceptors (Lipinski definition) is 1. The van der Waals surface area contributed by atoms with Gasteiger partial charge in [0, 0.05) is 5.92 Å². The van der Waals surface area contributed by atoms with E-state index < -0.39 is 0 Å². The lowest BCUT2D eigenvalue weighted by atomic mass is 9.96. The van der Waals surface area contributed by atoms with Crippen LogP contribution in [0.1, 0.15) is 58.8 Å². The van der Waals surface area contributed by atoms with Crippen molar-refractivity contribution in [1.82, 2.24) is 0 Å². The summed E-state index contributed by atoms with van der Waals surface area (Å²) in [5.74, 6) is 0.0141. The van der Waals surface area contributed by atoms with E-state index in [0.717, 1.165) is 25.7 Å². The predicted molar refractivity (Wildman–Crippen MR) is 56.4 cm³/mol. The van der Waals surface area contributed by atoms with Crippen LogP contribution in [-0.2, 0) is 4.79 Å². The molecule has 0 aromatic carbocycles. The lowest BCUT2D eigenvalue weighted by Crippen LogP contribution is -2.23. The average molecular weight is 185 g/mol. The van der Waals surface area contributed by atoms with Gasteiger partial charge in [0.25, 0.3) is 0 Å². The first-order valence-electron chi connectivity index (χ1n) is 5.51. The van der Waals surface area contributed by atoms with E-state index >= 15 is 0 Å². The SMILES string of the molecule is CCCCCC[C@H](CCC)C(N)=O. The van der Waals surface area contributed by atoms with Crippen LogP contribution in [0.4, 0.5) is 0 Å². The third kappa shape index (κ3) is 6.62. The lowest BCUT2D eigenvalue weighted by molar-refractivity contribution is -0.122. The van der Waals surface area contributed by atoms with Gasteiger partial charge < -0.3 is 5.73 Å². The van der Waals surface area contributed by atoms with Gasteiger partial charge in [0.15, 0.2) is 0 Å². The number of rotatable bonds is 8. The maximum atomic E-state index is 11.0. The summed E-state index contributed by atoms with van der Waals surface area (Å²) in [6.07, 6.45) is 7.92. The minimum absolute atomic E-state index is 0.113. The standard InChI is InChI=1S/C11H23NO/c1-3-5-6-7-9-10(8-4-2)11(12)13/h10H,3-9H2,1-2H3,(H2,12,13)/t10-/m0/s1. The van der Waals surface area contributed by atoms with Crippen LogP contribution in [0, 0.1) is 5.92 Å². The predicted octanol–water partition coefficient (Wildman–Crippen LogP) is 2.86. The van der Waals surface area contributed by atoms with Crippen LogP contribution in [0.5, 0.6) is 0 Å². The summed E-state index contributed by atoms with van der Waals surface area (Å²) in [6, 6.07) is 0. The van der Waals surface area contributed by atoms with Crippen molar-refractivity contribution >= 4 is 5.91 Å². The van der Waals surface area contributed by atoms with Crippen molar-refractivity contribution in [2.45, 2.75) is 58.8 Å². The zero-order valence-electron chi connectivity index (χ0n) is 9.01. The van der Waals surface area contributed by atoms with Crippen LogP contribution in [0.2, 0.25) is 0 Å². The van der Waals surface area contributed by atoms with Gasteiger partial charge >= 0.3 is 0 Å². The molecular formula is C11H23NO. The van der Waals surface area contributed by atoms with E-state index in [4.69, 9.17) is 5.73 Å². The molecule has 13 heavy (non-hydrogen) atoms. The van der Waals surface area contributed by atoms with Gasteiger partial charge in [-0.15, -0.1) is 0 Å². The Hall–Kier alpha value is -0.530. The maximum absolute atomic E-state index is 11.0. The van der Waals surface area contributed by atoms with E-state index in [2.05, 4.69) is 13.8 Å². The molecule has 0 fully saturated rings. The highest BCUT2D eigenvalue weighted by Gasteiger charge is 2.12. The quantitative estimate of drug-likeness (QED) is 0.580. The van der Waals surface area contributed by atoms with E-state index in [1.807, 2.05) is 0 Å². The van der Waals surface area contributed by atoms with Gasteiger partial charge in [0.2, 0.25) is 5.91 Å². The fraction of sp³-hybridized carbons (Fsp3) is 0.909. The Bertz CT molecular complexity index is 134. The highest BCUT2D eigenvalue weighted by atomic mass is 16.1. The molecule has 0 heterocycles. The third-order valence-corrected chi connectivity index (χ3v) is 2.45. The Balaban J connectivity index is 3.51. The second-order valence-electron chi connectivity index (χ2n) is 3.74. The van der Waals surface area contributed by atoms with Crippen LogP contribution in [0.15, 0.2) is 0 Å². The normalized spacial score (nSPS) is 12.8. The van der Waals surface area contributed by atoms with Gasteiger partial charge in [-0.05, 0) is 12.8 Å². The number of primary amides is 1. The summed E-state index contributed by atoms with van der Waals surface area (Å²) >= 11 is 0. The summed E-state index contributed by atoms with van der Waals surface area (Å²) < 4.78 is 0. The molecule has 2 N–H and O–H groups in total. The zero-order valence-corrected chi connectivity index (χ0v) is 9.01. The van der Waals surface area contributed by atoms with Crippen molar-refractivity contribution in [2.75, 3.05) is 0 Å². The third-order valence-electron chi connectivity index (χ3n) is 2.45. The molecule has 0 rings (SSSR count). The first-order chi connectivity index (χ1) is 6.22. The minimum atomic E-state index is -0.113. The van der Waals surface area contributed by atoms with Gasteiger partial charge in [0.05, 0.1) is 0 Å². The topological polar surface area (TPSA) is 43.1 Å². The lowest BCUT2D eigenvalue weighted by Gasteiger charge is -2.11. The van der Waals surface area contributed by atoms with Crippen molar-refractivity contribution in [3.63, 3.8) is 0 Å². The second-order valence-corrected chi connectivity index (χ2v) is 3.74. The van der Waals surface area contributed by atoms with Crippen molar-refractivity contribution in [1.29, 1.82) is 0 Å². The first kappa shape index (κ1) is 12.5. The molecule has 0 aliphatic heterocycles. The summed E-state index contributed by atoms with van der Waals surface area (Å²) in [5.41, 5.74) is 5.30. The molecule has 0 spiro atoms.